The molecular formula is C14H13ClFNO. The first-order chi connectivity index (χ1) is 8.65. The minimum Gasteiger partial charge on any atom is -0.387 e. The molecule has 0 aliphatic heterocycles. The summed E-state index contributed by atoms with van der Waals surface area (Å²) in [6.07, 6.45) is -0.679. The molecule has 0 heterocycles. The molecule has 0 spiro atoms. The highest BCUT2D eigenvalue weighted by Gasteiger charge is 2.07. The third kappa shape index (κ3) is 3.45. The van der Waals surface area contributed by atoms with Gasteiger partial charge in [0.25, 0.3) is 0 Å². The van der Waals surface area contributed by atoms with E-state index in [1.165, 1.54) is 12.1 Å². The van der Waals surface area contributed by atoms with Crippen molar-refractivity contribution in [1.29, 1.82) is 0 Å². The Morgan fingerprint density at radius 3 is 2.28 bits per heavy atom. The van der Waals surface area contributed by atoms with Crippen molar-refractivity contribution in [2.75, 3.05) is 11.9 Å². The average molecular weight is 266 g/mol. The zero-order valence-corrected chi connectivity index (χ0v) is 10.4. The lowest BCUT2D eigenvalue weighted by Gasteiger charge is -2.13. The Hall–Kier alpha value is -1.58. The van der Waals surface area contributed by atoms with E-state index in [1.807, 2.05) is 12.1 Å². The fraction of sp³-hybridized carbons (Fsp3) is 0.143. The van der Waals surface area contributed by atoms with Gasteiger partial charge in [0.15, 0.2) is 0 Å². The Morgan fingerprint density at radius 2 is 1.67 bits per heavy atom. The van der Waals surface area contributed by atoms with E-state index < -0.39 is 6.10 Å². The zero-order chi connectivity index (χ0) is 13.0. The van der Waals surface area contributed by atoms with Crippen LogP contribution in [0.4, 0.5) is 10.1 Å². The van der Waals surface area contributed by atoms with E-state index in [1.54, 1.807) is 24.3 Å². The number of hydrogen-bond donors (Lipinski definition) is 2. The lowest BCUT2D eigenvalue weighted by molar-refractivity contribution is 0.191. The largest absolute Gasteiger partial charge is 0.387 e. The van der Waals surface area contributed by atoms with Gasteiger partial charge in [0.1, 0.15) is 5.82 Å². The summed E-state index contributed by atoms with van der Waals surface area (Å²) in [7, 11) is 0. The molecule has 2 N–H and O–H groups in total. The number of halogens is 2. The molecule has 0 fully saturated rings. The van der Waals surface area contributed by atoms with Crippen LogP contribution in [-0.2, 0) is 0 Å². The van der Waals surface area contributed by atoms with Crippen LogP contribution in [0, 0.1) is 5.82 Å². The normalized spacial score (nSPS) is 12.2. The fourth-order valence-electron chi connectivity index (χ4n) is 1.59. The van der Waals surface area contributed by atoms with Gasteiger partial charge in [-0.15, -0.1) is 0 Å². The molecule has 0 amide bonds. The highest BCUT2D eigenvalue weighted by Crippen LogP contribution is 2.17. The van der Waals surface area contributed by atoms with Crippen LogP contribution in [-0.4, -0.2) is 11.7 Å². The summed E-state index contributed by atoms with van der Waals surface area (Å²) in [5.41, 5.74) is 1.55. The summed E-state index contributed by atoms with van der Waals surface area (Å²) in [4.78, 5) is 0. The van der Waals surface area contributed by atoms with Gasteiger partial charge in [0, 0.05) is 17.3 Å². The predicted molar refractivity (Wildman–Crippen MR) is 71.3 cm³/mol. The van der Waals surface area contributed by atoms with Crippen molar-refractivity contribution in [3.63, 3.8) is 0 Å². The molecule has 2 aromatic rings. The number of nitrogens with one attached hydrogen (secondary N) is 1. The zero-order valence-electron chi connectivity index (χ0n) is 9.61. The third-order valence-corrected chi connectivity index (χ3v) is 2.85. The molecule has 0 bridgehead atoms. The number of aliphatic hydroxyl groups excluding tert-OH is 1. The van der Waals surface area contributed by atoms with Gasteiger partial charge in [0.2, 0.25) is 0 Å². The topological polar surface area (TPSA) is 32.3 Å². The minimum absolute atomic E-state index is 0.309. The Bertz CT molecular complexity index is 498. The van der Waals surface area contributed by atoms with Crippen LogP contribution < -0.4 is 5.32 Å². The van der Waals surface area contributed by atoms with E-state index in [0.717, 1.165) is 5.69 Å². The molecule has 94 valence electrons. The van der Waals surface area contributed by atoms with E-state index in [-0.39, 0.29) is 5.82 Å². The van der Waals surface area contributed by atoms with Gasteiger partial charge in [-0.25, -0.2) is 4.39 Å². The van der Waals surface area contributed by atoms with Crippen molar-refractivity contribution in [2.45, 2.75) is 6.10 Å². The van der Waals surface area contributed by atoms with Crippen LogP contribution >= 0.6 is 11.6 Å². The number of benzene rings is 2. The molecule has 2 nitrogen and oxygen atoms in total. The molecule has 2 aromatic carbocycles. The van der Waals surface area contributed by atoms with Crippen molar-refractivity contribution >= 4 is 17.3 Å². The predicted octanol–water partition coefficient (Wildman–Crippen LogP) is 3.62. The van der Waals surface area contributed by atoms with Gasteiger partial charge in [-0.3, -0.25) is 0 Å². The average Bonchev–Trinajstić information content (AvgIpc) is 2.38. The maximum Gasteiger partial charge on any atom is 0.123 e. The van der Waals surface area contributed by atoms with Crippen LogP contribution in [0.2, 0.25) is 5.02 Å². The maximum atomic E-state index is 12.7. The minimum atomic E-state index is -0.679. The van der Waals surface area contributed by atoms with E-state index in [0.29, 0.717) is 17.1 Å². The highest BCUT2D eigenvalue weighted by atomic mass is 35.5. The van der Waals surface area contributed by atoms with Crippen molar-refractivity contribution in [3.8, 4) is 0 Å². The maximum absolute atomic E-state index is 12.7. The summed E-state index contributed by atoms with van der Waals surface area (Å²) in [5, 5.41) is 13.7. The van der Waals surface area contributed by atoms with Crippen LogP contribution in [0.5, 0.6) is 0 Å². The molecule has 18 heavy (non-hydrogen) atoms. The van der Waals surface area contributed by atoms with Gasteiger partial charge in [-0.05, 0) is 42.0 Å². The number of rotatable bonds is 4. The Morgan fingerprint density at radius 1 is 1.06 bits per heavy atom. The second-order valence-electron chi connectivity index (χ2n) is 3.96. The molecule has 0 aliphatic carbocycles. The summed E-state index contributed by atoms with van der Waals surface area (Å²) in [6, 6.07) is 13.0. The molecule has 0 saturated carbocycles. The number of hydrogen-bond acceptors (Lipinski definition) is 2. The van der Waals surface area contributed by atoms with Gasteiger partial charge < -0.3 is 10.4 Å². The summed E-state index contributed by atoms with van der Waals surface area (Å²) >= 11 is 5.77. The molecule has 0 aliphatic rings. The first-order valence-corrected chi connectivity index (χ1v) is 5.96. The van der Waals surface area contributed by atoms with Crippen molar-refractivity contribution in [3.05, 3.63) is 64.9 Å². The second kappa shape index (κ2) is 5.85. The lowest BCUT2D eigenvalue weighted by atomic mass is 10.1. The van der Waals surface area contributed by atoms with Crippen LogP contribution in [0.25, 0.3) is 0 Å². The Balaban J connectivity index is 1.93. The van der Waals surface area contributed by atoms with Gasteiger partial charge in [-0.1, -0.05) is 23.7 Å². The summed E-state index contributed by atoms with van der Waals surface area (Å²) in [5.74, 6) is -0.309. The molecule has 0 radical (unpaired) electrons. The standard InChI is InChI=1S/C14H13ClFNO/c15-11-3-7-13(8-4-11)17-9-14(18)10-1-5-12(16)6-2-10/h1-8,14,17-18H,9H2. The van der Waals surface area contributed by atoms with Crippen LogP contribution in [0.1, 0.15) is 11.7 Å². The first-order valence-electron chi connectivity index (χ1n) is 5.58. The second-order valence-corrected chi connectivity index (χ2v) is 4.39. The monoisotopic (exact) mass is 265 g/mol. The Labute approximate surface area is 110 Å². The van der Waals surface area contributed by atoms with E-state index in [2.05, 4.69) is 5.32 Å². The van der Waals surface area contributed by atoms with Crippen molar-refractivity contribution in [1.82, 2.24) is 0 Å². The fourth-order valence-corrected chi connectivity index (χ4v) is 1.71. The quantitative estimate of drug-likeness (QED) is 0.885. The molecule has 0 saturated heterocycles. The first kappa shape index (κ1) is 12.9. The van der Waals surface area contributed by atoms with Crippen LogP contribution in [0.15, 0.2) is 48.5 Å². The smallest absolute Gasteiger partial charge is 0.123 e. The molecule has 0 aromatic heterocycles. The highest BCUT2D eigenvalue weighted by molar-refractivity contribution is 6.30. The van der Waals surface area contributed by atoms with Crippen LogP contribution in [0.3, 0.4) is 0 Å². The van der Waals surface area contributed by atoms with Crippen molar-refractivity contribution < 1.29 is 9.50 Å². The summed E-state index contributed by atoms with van der Waals surface area (Å²) in [6.45, 7) is 0.354. The summed E-state index contributed by atoms with van der Waals surface area (Å²) < 4.78 is 12.7. The molecule has 4 heteroatoms. The molecule has 1 atom stereocenters. The molecule has 1 unspecified atom stereocenters. The van der Waals surface area contributed by atoms with Gasteiger partial charge in [-0.2, -0.15) is 0 Å². The Kier molecular flexibility index (Phi) is 4.18. The number of anilines is 1. The third-order valence-electron chi connectivity index (χ3n) is 2.60. The molecule has 2 rings (SSSR count). The van der Waals surface area contributed by atoms with E-state index in [9.17, 15) is 9.50 Å². The lowest BCUT2D eigenvalue weighted by Crippen LogP contribution is -2.12. The molecular weight excluding hydrogens is 253 g/mol. The number of aliphatic hydroxyl groups is 1. The van der Waals surface area contributed by atoms with E-state index >= 15 is 0 Å². The van der Waals surface area contributed by atoms with Gasteiger partial charge in [0.05, 0.1) is 6.10 Å². The SMILES string of the molecule is OC(CNc1ccc(Cl)cc1)c1ccc(F)cc1. The van der Waals surface area contributed by atoms with Crippen molar-refractivity contribution in [2.24, 2.45) is 0 Å². The van der Waals surface area contributed by atoms with E-state index in [4.69, 9.17) is 11.6 Å². The van der Waals surface area contributed by atoms with Gasteiger partial charge >= 0.3 is 0 Å².